The van der Waals surface area contributed by atoms with Crippen LogP contribution in [0.2, 0.25) is 0 Å². The largest absolute Gasteiger partial charge is 0.464 e. The van der Waals surface area contributed by atoms with Crippen LogP contribution in [0.3, 0.4) is 0 Å². The average molecular weight is 676 g/mol. The molecule has 4 rings (SSSR count). The molecule has 1 fully saturated rings. The van der Waals surface area contributed by atoms with Crippen LogP contribution in [-0.4, -0.2) is 57.8 Å². The van der Waals surface area contributed by atoms with E-state index in [0.717, 1.165) is 0 Å². The number of nitrogens with zero attached hydrogens (tertiary/aromatic N) is 1. The van der Waals surface area contributed by atoms with E-state index in [9.17, 15) is 41.6 Å². The molecular weight excluding hydrogens is 641 g/mol. The Kier molecular flexibility index (Phi) is 11.1. The Morgan fingerprint density at radius 1 is 1.17 bits per heavy atom. The summed E-state index contributed by atoms with van der Waals surface area (Å²) in [5.41, 5.74) is -2.57. The minimum Gasteiger partial charge on any atom is -0.464 e. The number of rotatable bonds is 13. The molecule has 0 unspecified atom stereocenters. The Labute approximate surface area is 260 Å². The molecule has 46 heavy (non-hydrogen) atoms. The molecule has 1 aliphatic rings. The Bertz CT molecular complexity index is 1690. The third-order valence-corrected chi connectivity index (χ3v) is 9.18. The molecule has 1 aromatic heterocycles. The van der Waals surface area contributed by atoms with Gasteiger partial charge in [-0.05, 0) is 24.3 Å². The summed E-state index contributed by atoms with van der Waals surface area (Å²) in [6.07, 6.45) is -13.3. The molecule has 1 aliphatic heterocycles. The summed E-state index contributed by atoms with van der Waals surface area (Å²) < 4.78 is 93.7. The van der Waals surface area contributed by atoms with Crippen molar-refractivity contribution < 1.29 is 50.5 Å². The number of H-pyrrole nitrogens is 1. The van der Waals surface area contributed by atoms with Crippen LogP contribution in [0.4, 0.5) is 17.6 Å². The zero-order valence-corrected chi connectivity index (χ0v) is 25.9. The fourth-order valence-corrected chi connectivity index (χ4v) is 6.57. The fraction of sp³-hybridized carbons (Fsp3) is 0.483. The fourth-order valence-electron chi connectivity index (χ4n) is 4.87. The van der Waals surface area contributed by atoms with E-state index in [2.05, 4.69) is 5.09 Å². The van der Waals surface area contributed by atoms with E-state index in [4.69, 9.17) is 18.5 Å². The predicted molar refractivity (Wildman–Crippen MR) is 157 cm³/mol. The molecule has 0 spiro atoms. The maximum atomic E-state index is 14.6. The summed E-state index contributed by atoms with van der Waals surface area (Å²) in [7, 11) is -5.20. The first-order valence-electron chi connectivity index (χ1n) is 14.5. The number of aliphatic hydroxyl groups is 1. The Morgan fingerprint density at radius 3 is 2.52 bits per heavy atom. The summed E-state index contributed by atoms with van der Waals surface area (Å²) in [6, 6.07) is 9.61. The van der Waals surface area contributed by atoms with Gasteiger partial charge in [-0.25, -0.2) is 9.36 Å². The topological polar surface area (TPSA) is 158 Å². The maximum absolute atomic E-state index is 14.6. The van der Waals surface area contributed by atoms with Gasteiger partial charge >= 0.3 is 25.6 Å². The normalized spacial score (nSPS) is 21.2. The number of alkyl halides is 3. The van der Waals surface area contributed by atoms with Crippen molar-refractivity contribution >= 4 is 24.5 Å². The molecule has 0 saturated carbocycles. The van der Waals surface area contributed by atoms with E-state index in [0.29, 0.717) is 34.4 Å². The van der Waals surface area contributed by atoms with Gasteiger partial charge in [0.05, 0.1) is 18.9 Å². The van der Waals surface area contributed by atoms with Gasteiger partial charge in [-0.3, -0.25) is 23.7 Å². The summed E-state index contributed by atoms with van der Waals surface area (Å²) in [6.45, 7) is 5.02. The van der Waals surface area contributed by atoms with Crippen LogP contribution >= 0.6 is 7.75 Å². The van der Waals surface area contributed by atoms with Crippen molar-refractivity contribution in [2.24, 2.45) is 5.92 Å². The third-order valence-electron chi connectivity index (χ3n) is 7.53. The number of fused-ring (bicyclic) bond motifs is 1. The smallest absolute Gasteiger partial charge is 0.460 e. The van der Waals surface area contributed by atoms with Crippen molar-refractivity contribution in [3.05, 3.63) is 75.3 Å². The Hall–Kier alpha value is -3.56. The monoisotopic (exact) mass is 675 g/mol. The zero-order valence-electron chi connectivity index (χ0n) is 25.0. The average Bonchev–Trinajstić information content (AvgIpc) is 3.38. The van der Waals surface area contributed by atoms with Crippen LogP contribution in [0.1, 0.15) is 46.3 Å². The molecule has 0 bridgehead atoms. The summed E-state index contributed by atoms with van der Waals surface area (Å²) in [4.78, 5) is 38.1. The quantitative estimate of drug-likeness (QED) is 0.133. The second-order valence-corrected chi connectivity index (χ2v) is 12.4. The first kappa shape index (κ1) is 35.3. The lowest BCUT2D eigenvalue weighted by molar-refractivity contribution is -0.237. The molecule has 0 radical (unpaired) electrons. The van der Waals surface area contributed by atoms with E-state index < -0.39 is 74.0 Å². The number of aromatic amines is 1. The first-order valence-corrected chi connectivity index (χ1v) is 16.0. The molecule has 0 amide bonds. The van der Waals surface area contributed by atoms with Crippen molar-refractivity contribution in [1.29, 1.82) is 0 Å². The predicted octanol–water partition coefficient (Wildman–Crippen LogP) is 4.57. The van der Waals surface area contributed by atoms with Gasteiger partial charge in [0, 0.05) is 11.8 Å². The van der Waals surface area contributed by atoms with Crippen molar-refractivity contribution in [2.75, 3.05) is 6.61 Å². The number of aliphatic hydroxyl groups excluding tert-OH is 1. The lowest BCUT2D eigenvalue weighted by Gasteiger charge is -2.32. The Balaban J connectivity index is 1.67. The second-order valence-electron chi connectivity index (χ2n) is 10.8. The van der Waals surface area contributed by atoms with E-state index in [1.165, 1.54) is 19.1 Å². The highest BCUT2D eigenvalue weighted by molar-refractivity contribution is 7.52. The maximum Gasteiger partial charge on any atom is 0.460 e. The highest BCUT2D eigenvalue weighted by Crippen LogP contribution is 2.51. The van der Waals surface area contributed by atoms with Crippen LogP contribution in [0.15, 0.2) is 58.3 Å². The SMILES string of the molecule is CCC(CC)COC(=O)[C@H](C)N[P@](=O)(Oc1cccc2ccccc12)O[C@@H]([C@H]1O[C@@H](n2cc(F)c(=O)[nH]c2=O)C[C@@H]1O)C(F)(F)F. The summed E-state index contributed by atoms with van der Waals surface area (Å²) >= 11 is 0. The second kappa shape index (κ2) is 14.5. The van der Waals surface area contributed by atoms with E-state index >= 15 is 0 Å². The van der Waals surface area contributed by atoms with Gasteiger partial charge in [-0.15, -0.1) is 0 Å². The van der Waals surface area contributed by atoms with Gasteiger partial charge in [-0.1, -0.05) is 63.1 Å². The Morgan fingerprint density at radius 2 is 1.85 bits per heavy atom. The minimum atomic E-state index is -5.36. The number of halogens is 4. The highest BCUT2D eigenvalue weighted by atomic mass is 31.2. The first-order chi connectivity index (χ1) is 21.7. The van der Waals surface area contributed by atoms with Crippen LogP contribution in [0, 0.1) is 11.7 Å². The molecule has 2 heterocycles. The van der Waals surface area contributed by atoms with Gasteiger partial charge in [0.15, 0.2) is 6.10 Å². The lowest BCUT2D eigenvalue weighted by Crippen LogP contribution is -2.48. The van der Waals surface area contributed by atoms with Gasteiger partial charge in [-0.2, -0.15) is 22.6 Å². The molecule has 3 aromatic rings. The minimum absolute atomic E-state index is 0.0204. The third kappa shape index (κ3) is 8.23. The van der Waals surface area contributed by atoms with E-state index in [1.807, 2.05) is 13.8 Å². The number of benzene rings is 2. The number of nitrogens with one attached hydrogen (secondary N) is 2. The molecule has 3 N–H and O–H groups in total. The number of esters is 1. The van der Waals surface area contributed by atoms with Crippen LogP contribution in [0.25, 0.3) is 10.8 Å². The van der Waals surface area contributed by atoms with Crippen molar-refractivity contribution in [1.82, 2.24) is 14.6 Å². The number of aromatic nitrogens is 2. The van der Waals surface area contributed by atoms with Crippen LogP contribution in [-0.2, 0) is 23.4 Å². The van der Waals surface area contributed by atoms with E-state index in [-0.39, 0.29) is 18.3 Å². The molecule has 0 aliphatic carbocycles. The summed E-state index contributed by atoms with van der Waals surface area (Å²) in [5, 5.41) is 13.8. The molecule has 1 saturated heterocycles. The molecule has 252 valence electrons. The standard InChI is InChI=1S/C29H34F4N3O9P/c1-4-17(5-2)15-42-27(39)16(3)35-46(41,44-22-12-8-10-18-9-6-7-11-19(18)22)45-25(29(31,32)33)24-21(37)13-23(43-24)36-14-20(30)26(38)34-28(36)40/h6-12,14,16-17,21,23-25,37H,4-5,13,15H2,1-3H3,(H,35,41)(H,34,38,40)/t16-,21-,23+,24-,25-,46-/m0/s1. The van der Waals surface area contributed by atoms with Crippen molar-refractivity contribution in [3.8, 4) is 5.75 Å². The lowest BCUT2D eigenvalue weighted by atomic mass is 10.1. The van der Waals surface area contributed by atoms with Crippen LogP contribution < -0.4 is 20.9 Å². The molecule has 6 atom stereocenters. The molecule has 12 nitrogen and oxygen atoms in total. The molecule has 2 aromatic carbocycles. The summed E-state index contributed by atoms with van der Waals surface area (Å²) in [5.74, 6) is -2.48. The molecular formula is C29H34F4N3O9P. The van der Waals surface area contributed by atoms with Gasteiger partial charge in [0.2, 0.25) is 5.82 Å². The number of hydrogen-bond donors (Lipinski definition) is 3. The number of carbonyl (C=O) groups is 1. The van der Waals surface area contributed by atoms with E-state index in [1.54, 1.807) is 35.3 Å². The van der Waals surface area contributed by atoms with Gasteiger partial charge in [0.1, 0.15) is 24.1 Å². The molecule has 17 heteroatoms. The van der Waals surface area contributed by atoms with Crippen molar-refractivity contribution in [2.45, 2.75) is 76.8 Å². The highest BCUT2D eigenvalue weighted by Gasteiger charge is 2.56. The van der Waals surface area contributed by atoms with Gasteiger partial charge in [0.25, 0.3) is 5.56 Å². The van der Waals surface area contributed by atoms with Crippen molar-refractivity contribution in [3.63, 3.8) is 0 Å². The van der Waals surface area contributed by atoms with Crippen LogP contribution in [0.5, 0.6) is 5.75 Å². The zero-order chi connectivity index (χ0) is 33.8. The number of hydrogen-bond acceptors (Lipinski definition) is 9. The van der Waals surface area contributed by atoms with Gasteiger partial charge < -0.3 is 19.1 Å². The number of ether oxygens (including phenoxy) is 2. The number of carbonyl (C=O) groups excluding carboxylic acids is 1.